The van der Waals surface area contributed by atoms with E-state index in [1.54, 1.807) is 11.1 Å². The van der Waals surface area contributed by atoms with Gasteiger partial charge < -0.3 is 4.52 Å². The summed E-state index contributed by atoms with van der Waals surface area (Å²) >= 11 is 0. The van der Waals surface area contributed by atoms with Gasteiger partial charge in [0.1, 0.15) is 5.76 Å². The van der Waals surface area contributed by atoms with E-state index < -0.39 is 0 Å². The second kappa shape index (κ2) is 5.23. The van der Waals surface area contributed by atoms with Gasteiger partial charge in [0.2, 0.25) is 0 Å². The number of aromatic nitrogens is 1. The highest BCUT2D eigenvalue weighted by molar-refractivity contribution is 5.85. The van der Waals surface area contributed by atoms with E-state index in [1.165, 1.54) is 44.3 Å². The second-order valence-corrected chi connectivity index (χ2v) is 4.89. The summed E-state index contributed by atoms with van der Waals surface area (Å²) in [5.41, 5.74) is 4.74. The summed E-state index contributed by atoms with van der Waals surface area (Å²) in [6.07, 6.45) is 7.16. The lowest BCUT2D eigenvalue weighted by molar-refractivity contribution is 0.246. The molecule has 0 radical (unpaired) electrons. The van der Waals surface area contributed by atoms with E-state index in [0.717, 1.165) is 12.3 Å². The first-order valence-electron chi connectivity index (χ1n) is 6.15. The van der Waals surface area contributed by atoms with Gasteiger partial charge in [-0.1, -0.05) is 16.3 Å². The summed E-state index contributed by atoms with van der Waals surface area (Å²) in [6, 6.07) is 0. The molecule has 2 heterocycles. The number of nitrogens with zero attached hydrogens (tertiary/aromatic N) is 2. The third-order valence-corrected chi connectivity index (χ3v) is 3.70. The van der Waals surface area contributed by atoms with Crippen LogP contribution >= 0.6 is 12.4 Å². The van der Waals surface area contributed by atoms with Gasteiger partial charge >= 0.3 is 0 Å². The highest BCUT2D eigenvalue weighted by atomic mass is 35.5. The Balaban J connectivity index is 0.00000108. The highest BCUT2D eigenvalue weighted by Crippen LogP contribution is 2.36. The fraction of sp³-hybridized carbons (Fsp3) is 0.615. The molecular formula is C13H19ClN2O. The molecule has 0 spiro atoms. The summed E-state index contributed by atoms with van der Waals surface area (Å²) in [6.45, 7) is 5.38. The van der Waals surface area contributed by atoms with E-state index in [1.807, 2.05) is 13.1 Å². The predicted molar refractivity (Wildman–Crippen MR) is 69.3 cm³/mol. The number of allylic oxidation sites excluding steroid dienone is 1. The third-order valence-electron chi connectivity index (χ3n) is 3.70. The maximum absolute atomic E-state index is 5.09. The zero-order valence-electron chi connectivity index (χ0n) is 10.2. The Labute approximate surface area is 108 Å². The molecule has 1 aromatic heterocycles. The maximum atomic E-state index is 5.09. The lowest BCUT2D eigenvalue weighted by atomic mass is 10.0. The number of piperidine rings is 1. The van der Waals surface area contributed by atoms with E-state index in [0.29, 0.717) is 0 Å². The molecule has 2 fully saturated rings. The lowest BCUT2D eigenvalue weighted by Crippen LogP contribution is -2.30. The molecule has 0 amide bonds. The lowest BCUT2D eigenvalue weighted by Gasteiger charge is -2.28. The van der Waals surface area contributed by atoms with Gasteiger partial charge in [0, 0.05) is 25.2 Å². The van der Waals surface area contributed by atoms with Crippen molar-refractivity contribution < 1.29 is 4.52 Å². The molecule has 1 saturated heterocycles. The fourth-order valence-electron chi connectivity index (χ4n) is 2.46. The predicted octanol–water partition coefficient (Wildman–Crippen LogP) is 3.09. The first-order valence-corrected chi connectivity index (χ1v) is 6.15. The highest BCUT2D eigenvalue weighted by Gasteiger charge is 2.22. The molecule has 0 unspecified atom stereocenters. The SMILES string of the molecule is Cc1oncc1CN1CCC(=C2CC2)CC1.Cl. The molecule has 3 nitrogen and oxygen atoms in total. The Bertz CT molecular complexity index is 409. The van der Waals surface area contributed by atoms with Crippen molar-refractivity contribution in [1.82, 2.24) is 10.1 Å². The Kier molecular flexibility index (Phi) is 3.89. The third kappa shape index (κ3) is 2.90. The van der Waals surface area contributed by atoms with E-state index in [-0.39, 0.29) is 12.4 Å². The first-order chi connectivity index (χ1) is 7.83. The zero-order valence-corrected chi connectivity index (χ0v) is 11.1. The van der Waals surface area contributed by atoms with Crippen LogP contribution in [0.4, 0.5) is 0 Å². The average Bonchev–Trinajstić information content (AvgIpc) is 3.07. The summed E-state index contributed by atoms with van der Waals surface area (Å²) in [7, 11) is 0. The topological polar surface area (TPSA) is 29.3 Å². The van der Waals surface area contributed by atoms with Gasteiger partial charge in [-0.2, -0.15) is 0 Å². The van der Waals surface area contributed by atoms with E-state index in [2.05, 4.69) is 10.1 Å². The van der Waals surface area contributed by atoms with E-state index >= 15 is 0 Å². The van der Waals surface area contributed by atoms with Crippen LogP contribution in [0, 0.1) is 6.92 Å². The van der Waals surface area contributed by atoms with Crippen molar-refractivity contribution in [3.8, 4) is 0 Å². The van der Waals surface area contributed by atoms with Crippen molar-refractivity contribution in [2.75, 3.05) is 13.1 Å². The number of likely N-dealkylation sites (tertiary alicyclic amines) is 1. The minimum absolute atomic E-state index is 0. The fourth-order valence-corrected chi connectivity index (χ4v) is 2.46. The molecule has 17 heavy (non-hydrogen) atoms. The van der Waals surface area contributed by atoms with Crippen LogP contribution in [-0.2, 0) is 6.54 Å². The number of aryl methyl sites for hydroxylation is 1. The van der Waals surface area contributed by atoms with Gasteiger partial charge in [-0.15, -0.1) is 12.4 Å². The summed E-state index contributed by atoms with van der Waals surface area (Å²) in [5, 5.41) is 3.83. The molecular weight excluding hydrogens is 236 g/mol. The van der Waals surface area contributed by atoms with Crippen molar-refractivity contribution >= 4 is 12.4 Å². The zero-order chi connectivity index (χ0) is 11.0. The Morgan fingerprint density at radius 3 is 2.35 bits per heavy atom. The normalized spacial score (nSPS) is 20.3. The largest absolute Gasteiger partial charge is 0.361 e. The molecule has 1 aromatic rings. The molecule has 4 heteroatoms. The Morgan fingerprint density at radius 1 is 1.18 bits per heavy atom. The van der Waals surface area contributed by atoms with Crippen LogP contribution in [0.2, 0.25) is 0 Å². The summed E-state index contributed by atoms with van der Waals surface area (Å²) in [5.74, 6) is 0.964. The van der Waals surface area contributed by atoms with Gasteiger partial charge in [-0.25, -0.2) is 0 Å². The maximum Gasteiger partial charge on any atom is 0.138 e. The van der Waals surface area contributed by atoms with Gasteiger partial charge in [0.15, 0.2) is 0 Å². The van der Waals surface area contributed by atoms with Gasteiger partial charge in [-0.3, -0.25) is 4.90 Å². The monoisotopic (exact) mass is 254 g/mol. The van der Waals surface area contributed by atoms with Crippen LogP contribution in [0.5, 0.6) is 0 Å². The minimum atomic E-state index is 0. The molecule has 1 aliphatic carbocycles. The molecule has 0 atom stereocenters. The van der Waals surface area contributed by atoms with Crippen LogP contribution in [0.1, 0.15) is 37.0 Å². The number of halogens is 1. The average molecular weight is 255 g/mol. The number of hydrogen-bond donors (Lipinski definition) is 0. The van der Waals surface area contributed by atoms with Crippen molar-refractivity contribution in [1.29, 1.82) is 0 Å². The van der Waals surface area contributed by atoms with Crippen LogP contribution < -0.4 is 0 Å². The van der Waals surface area contributed by atoms with Crippen molar-refractivity contribution in [2.24, 2.45) is 0 Å². The smallest absolute Gasteiger partial charge is 0.138 e. The van der Waals surface area contributed by atoms with E-state index in [9.17, 15) is 0 Å². The number of hydrogen-bond acceptors (Lipinski definition) is 3. The Morgan fingerprint density at radius 2 is 1.82 bits per heavy atom. The van der Waals surface area contributed by atoms with Gasteiger partial charge in [0.05, 0.1) is 6.20 Å². The molecule has 94 valence electrons. The molecule has 0 bridgehead atoms. The summed E-state index contributed by atoms with van der Waals surface area (Å²) < 4.78 is 5.09. The minimum Gasteiger partial charge on any atom is -0.361 e. The Hall–Kier alpha value is -0.800. The van der Waals surface area contributed by atoms with Crippen LogP contribution in [0.25, 0.3) is 0 Å². The van der Waals surface area contributed by atoms with Crippen LogP contribution in [-0.4, -0.2) is 23.1 Å². The molecule has 0 aromatic carbocycles. The van der Waals surface area contributed by atoms with Crippen LogP contribution in [0.15, 0.2) is 21.9 Å². The first kappa shape index (κ1) is 12.7. The molecule has 1 saturated carbocycles. The molecule has 3 rings (SSSR count). The second-order valence-electron chi connectivity index (χ2n) is 4.89. The van der Waals surface area contributed by atoms with Gasteiger partial charge in [-0.05, 0) is 32.6 Å². The van der Waals surface area contributed by atoms with Crippen LogP contribution in [0.3, 0.4) is 0 Å². The quantitative estimate of drug-likeness (QED) is 0.760. The molecule has 2 aliphatic rings. The summed E-state index contributed by atoms with van der Waals surface area (Å²) in [4.78, 5) is 2.51. The number of rotatable bonds is 2. The standard InChI is InChI=1S/C13H18N2O.ClH/c1-10-13(8-14-16-10)9-15-6-4-12(5-7-15)11-2-3-11;/h8H,2-7,9H2,1H3;1H. The van der Waals surface area contributed by atoms with E-state index in [4.69, 9.17) is 4.52 Å². The van der Waals surface area contributed by atoms with Crippen molar-refractivity contribution in [3.63, 3.8) is 0 Å². The molecule has 1 aliphatic heterocycles. The van der Waals surface area contributed by atoms with Crippen molar-refractivity contribution in [2.45, 2.75) is 39.2 Å². The molecule has 0 N–H and O–H groups in total. The van der Waals surface area contributed by atoms with Crippen molar-refractivity contribution in [3.05, 3.63) is 28.7 Å². The van der Waals surface area contributed by atoms with Gasteiger partial charge in [0.25, 0.3) is 0 Å².